The lowest BCUT2D eigenvalue weighted by molar-refractivity contribution is 1.23. The van der Waals surface area contributed by atoms with Crippen molar-refractivity contribution in [3.63, 3.8) is 0 Å². The summed E-state index contributed by atoms with van der Waals surface area (Å²) in [5, 5.41) is 8.65. The van der Waals surface area contributed by atoms with Gasteiger partial charge in [0, 0.05) is 4.47 Å². The van der Waals surface area contributed by atoms with E-state index in [0.29, 0.717) is 20.9 Å². The van der Waals surface area contributed by atoms with Crippen LogP contribution in [0.5, 0.6) is 0 Å². The number of halogens is 2. The summed E-state index contributed by atoms with van der Waals surface area (Å²) in [7, 11) is 0. The second kappa shape index (κ2) is 5.29. The summed E-state index contributed by atoms with van der Waals surface area (Å²) in [4.78, 5) is 0. The Kier molecular flexibility index (Phi) is 3.76. The first-order valence-corrected chi connectivity index (χ1v) is 6.05. The zero-order valence-corrected chi connectivity index (χ0v) is 11.1. The van der Waals surface area contributed by atoms with Gasteiger partial charge in [-0.3, -0.25) is 0 Å². The van der Waals surface area contributed by atoms with E-state index in [1.54, 1.807) is 12.1 Å². The van der Waals surface area contributed by atoms with E-state index >= 15 is 0 Å². The van der Waals surface area contributed by atoms with Crippen LogP contribution in [0.15, 0.2) is 57.2 Å². The molecule has 0 aliphatic rings. The van der Waals surface area contributed by atoms with Crippen molar-refractivity contribution >= 4 is 44.6 Å². The Labute approximate surface area is 112 Å². The third-order valence-electron chi connectivity index (χ3n) is 2.10. The molecule has 0 saturated heterocycles. The normalized spacial score (nSPS) is 10.9. The van der Waals surface area contributed by atoms with E-state index in [0.717, 1.165) is 5.69 Å². The van der Waals surface area contributed by atoms with E-state index in [2.05, 4.69) is 26.2 Å². The predicted molar refractivity (Wildman–Crippen MR) is 74.2 cm³/mol. The highest BCUT2D eigenvalue weighted by atomic mass is 79.9. The third kappa shape index (κ3) is 3.05. The van der Waals surface area contributed by atoms with Crippen LogP contribution in [0.2, 0.25) is 5.02 Å². The summed E-state index contributed by atoms with van der Waals surface area (Å²) < 4.78 is 0.715. The largest absolute Gasteiger partial charge is 0.397 e. The van der Waals surface area contributed by atoms with Crippen molar-refractivity contribution in [2.24, 2.45) is 10.2 Å². The summed E-state index contributed by atoms with van der Waals surface area (Å²) in [6, 6.07) is 12.9. The third-order valence-corrected chi connectivity index (χ3v) is 3.07. The van der Waals surface area contributed by atoms with Crippen molar-refractivity contribution < 1.29 is 0 Å². The summed E-state index contributed by atoms with van der Waals surface area (Å²) in [6.45, 7) is 0. The van der Waals surface area contributed by atoms with Crippen molar-refractivity contribution in [3.8, 4) is 0 Å². The van der Waals surface area contributed by atoms with Gasteiger partial charge in [0.25, 0.3) is 0 Å². The number of benzene rings is 2. The molecule has 2 aromatic rings. The van der Waals surface area contributed by atoms with E-state index in [4.69, 9.17) is 17.3 Å². The molecule has 2 N–H and O–H groups in total. The van der Waals surface area contributed by atoms with Crippen LogP contribution in [-0.2, 0) is 0 Å². The first kappa shape index (κ1) is 12.1. The van der Waals surface area contributed by atoms with Crippen LogP contribution < -0.4 is 5.73 Å². The fourth-order valence-electron chi connectivity index (χ4n) is 1.24. The number of anilines is 1. The van der Waals surface area contributed by atoms with Gasteiger partial charge in [-0.2, -0.15) is 10.2 Å². The van der Waals surface area contributed by atoms with E-state index < -0.39 is 0 Å². The molecule has 0 bridgehead atoms. The smallest absolute Gasteiger partial charge is 0.0884 e. The Morgan fingerprint density at radius 2 is 1.65 bits per heavy atom. The quantitative estimate of drug-likeness (QED) is 0.609. The molecule has 3 nitrogen and oxygen atoms in total. The fraction of sp³-hybridized carbons (Fsp3) is 0. The van der Waals surface area contributed by atoms with Crippen LogP contribution in [0.1, 0.15) is 0 Å². The van der Waals surface area contributed by atoms with Crippen LogP contribution in [0.3, 0.4) is 0 Å². The van der Waals surface area contributed by atoms with Gasteiger partial charge >= 0.3 is 0 Å². The lowest BCUT2D eigenvalue weighted by Crippen LogP contribution is -1.86. The Morgan fingerprint density at radius 3 is 2.29 bits per heavy atom. The molecule has 0 unspecified atom stereocenters. The molecule has 0 amide bonds. The monoisotopic (exact) mass is 309 g/mol. The average molecular weight is 311 g/mol. The first-order valence-electron chi connectivity index (χ1n) is 4.88. The Bertz CT molecular complexity index is 532. The van der Waals surface area contributed by atoms with E-state index in [9.17, 15) is 0 Å². The SMILES string of the molecule is Nc1c(Cl)cc(/N=N/c2ccccc2)cc1Br. The lowest BCUT2D eigenvalue weighted by Gasteiger charge is -2.01. The van der Waals surface area contributed by atoms with Crippen LogP contribution >= 0.6 is 27.5 Å². The molecule has 17 heavy (non-hydrogen) atoms. The van der Waals surface area contributed by atoms with E-state index in [1.807, 2.05) is 30.3 Å². The highest BCUT2D eigenvalue weighted by Crippen LogP contribution is 2.33. The van der Waals surface area contributed by atoms with Gasteiger partial charge in [-0.15, -0.1) is 0 Å². The zero-order valence-electron chi connectivity index (χ0n) is 8.77. The van der Waals surface area contributed by atoms with Gasteiger partial charge in [0.1, 0.15) is 0 Å². The molecular weight excluding hydrogens is 302 g/mol. The second-order valence-corrected chi connectivity index (χ2v) is 4.62. The maximum absolute atomic E-state index is 5.94. The number of nitrogen functional groups attached to an aromatic ring is 1. The number of nitrogens with zero attached hydrogens (tertiary/aromatic N) is 2. The second-order valence-electron chi connectivity index (χ2n) is 3.36. The van der Waals surface area contributed by atoms with E-state index in [-0.39, 0.29) is 0 Å². The summed E-state index contributed by atoms with van der Waals surface area (Å²) in [5.41, 5.74) is 7.65. The molecule has 86 valence electrons. The average Bonchev–Trinajstić information content (AvgIpc) is 2.34. The molecule has 0 fully saturated rings. The maximum Gasteiger partial charge on any atom is 0.0884 e. The summed E-state index contributed by atoms with van der Waals surface area (Å²) in [5.74, 6) is 0. The molecule has 0 saturated carbocycles. The van der Waals surface area contributed by atoms with Gasteiger partial charge in [0.15, 0.2) is 0 Å². The zero-order chi connectivity index (χ0) is 12.3. The van der Waals surface area contributed by atoms with Crippen molar-refractivity contribution in [1.29, 1.82) is 0 Å². The minimum absolute atomic E-state index is 0.460. The Morgan fingerprint density at radius 1 is 1.00 bits per heavy atom. The Balaban J connectivity index is 2.28. The number of hydrogen-bond donors (Lipinski definition) is 1. The predicted octanol–water partition coefficient (Wildman–Crippen LogP) is 5.10. The van der Waals surface area contributed by atoms with Crippen molar-refractivity contribution in [2.45, 2.75) is 0 Å². The number of azo groups is 1. The van der Waals surface area contributed by atoms with Gasteiger partial charge in [-0.1, -0.05) is 29.8 Å². The summed E-state index contributed by atoms with van der Waals surface area (Å²) >= 11 is 9.26. The van der Waals surface area contributed by atoms with Gasteiger partial charge in [-0.25, -0.2) is 0 Å². The van der Waals surface area contributed by atoms with Gasteiger partial charge < -0.3 is 5.73 Å². The van der Waals surface area contributed by atoms with Crippen LogP contribution in [0, 0.1) is 0 Å². The van der Waals surface area contributed by atoms with Crippen molar-refractivity contribution in [3.05, 3.63) is 52.0 Å². The minimum atomic E-state index is 0.460. The topological polar surface area (TPSA) is 50.7 Å². The standard InChI is InChI=1S/C12H9BrClN3/c13-10-6-9(7-11(14)12(10)15)17-16-8-4-2-1-3-5-8/h1-7H,15H2/b17-16+. The van der Waals surface area contributed by atoms with E-state index in [1.165, 1.54) is 0 Å². The highest BCUT2D eigenvalue weighted by Gasteiger charge is 2.03. The fourth-order valence-corrected chi connectivity index (χ4v) is 2.01. The van der Waals surface area contributed by atoms with Crippen LogP contribution in [-0.4, -0.2) is 0 Å². The maximum atomic E-state index is 5.94. The van der Waals surface area contributed by atoms with Gasteiger partial charge in [0.05, 0.1) is 22.1 Å². The summed E-state index contributed by atoms with van der Waals surface area (Å²) in [6.07, 6.45) is 0. The molecule has 2 rings (SSSR count). The molecule has 0 aliphatic heterocycles. The van der Waals surface area contributed by atoms with Crippen LogP contribution in [0.4, 0.5) is 17.1 Å². The molecule has 0 spiro atoms. The highest BCUT2D eigenvalue weighted by molar-refractivity contribution is 9.10. The van der Waals surface area contributed by atoms with Gasteiger partial charge in [0.2, 0.25) is 0 Å². The van der Waals surface area contributed by atoms with Gasteiger partial charge in [-0.05, 0) is 40.2 Å². The van der Waals surface area contributed by atoms with Crippen molar-refractivity contribution in [2.75, 3.05) is 5.73 Å². The lowest BCUT2D eigenvalue weighted by atomic mass is 10.3. The molecule has 0 aromatic heterocycles. The molecule has 0 radical (unpaired) electrons. The minimum Gasteiger partial charge on any atom is -0.397 e. The van der Waals surface area contributed by atoms with Crippen LogP contribution in [0.25, 0.3) is 0 Å². The molecule has 2 aromatic carbocycles. The number of rotatable bonds is 2. The molecular formula is C12H9BrClN3. The number of hydrogen-bond acceptors (Lipinski definition) is 3. The molecule has 0 atom stereocenters. The molecule has 0 aliphatic carbocycles. The Hall–Kier alpha value is -1.39. The molecule has 0 heterocycles. The molecule has 5 heteroatoms. The first-order chi connectivity index (χ1) is 8.16. The number of nitrogens with two attached hydrogens (primary N) is 1. The van der Waals surface area contributed by atoms with Crippen molar-refractivity contribution in [1.82, 2.24) is 0 Å².